The number of likely N-dealkylation sites (N-methyl/N-ethyl adjacent to an activating group) is 1. The average Bonchev–Trinajstić information content (AvgIpc) is 2.26. The minimum atomic E-state index is -0.442. The average molecular weight is 208 g/mol. The van der Waals surface area contributed by atoms with Gasteiger partial charge in [-0.05, 0) is 19.1 Å². The van der Waals surface area contributed by atoms with Gasteiger partial charge in [-0.3, -0.25) is 4.79 Å². The van der Waals surface area contributed by atoms with Crippen molar-refractivity contribution in [3.8, 4) is 0 Å². The number of nitrogens with zero attached hydrogens (tertiary/aromatic N) is 2. The van der Waals surface area contributed by atoms with Crippen molar-refractivity contribution in [2.75, 3.05) is 24.5 Å². The molecule has 1 aromatic heterocycles. The summed E-state index contributed by atoms with van der Waals surface area (Å²) in [5, 5.41) is 0. The highest BCUT2D eigenvalue weighted by Crippen LogP contribution is 2.11. The molecule has 4 N–H and O–H groups in total. The molecule has 0 saturated carbocycles. The fourth-order valence-corrected chi connectivity index (χ4v) is 1.34. The molecule has 1 rings (SSSR count). The van der Waals surface area contributed by atoms with Crippen molar-refractivity contribution >= 4 is 11.7 Å². The van der Waals surface area contributed by atoms with Crippen LogP contribution in [0.2, 0.25) is 0 Å². The van der Waals surface area contributed by atoms with Crippen molar-refractivity contribution in [1.82, 2.24) is 4.98 Å². The maximum Gasteiger partial charge on any atom is 0.248 e. The molecule has 0 aliphatic heterocycles. The number of carbonyl (C=O) groups excluding carboxylic acids is 1. The SMILES string of the molecule is CCN(CCN)c1cc(C(N)=O)ccn1. The third-order valence-electron chi connectivity index (χ3n) is 2.13. The van der Waals surface area contributed by atoms with Crippen LogP contribution in [0.25, 0.3) is 0 Å². The van der Waals surface area contributed by atoms with Gasteiger partial charge in [-0.2, -0.15) is 0 Å². The van der Waals surface area contributed by atoms with Gasteiger partial charge in [0.25, 0.3) is 0 Å². The first kappa shape index (κ1) is 11.5. The zero-order valence-electron chi connectivity index (χ0n) is 8.81. The number of anilines is 1. The van der Waals surface area contributed by atoms with Crippen LogP contribution in [0, 0.1) is 0 Å². The molecule has 82 valence electrons. The Kier molecular flexibility index (Phi) is 4.05. The smallest absolute Gasteiger partial charge is 0.248 e. The summed E-state index contributed by atoms with van der Waals surface area (Å²) in [6.45, 7) is 4.07. The van der Waals surface area contributed by atoms with Crippen molar-refractivity contribution in [3.05, 3.63) is 23.9 Å². The monoisotopic (exact) mass is 208 g/mol. The van der Waals surface area contributed by atoms with Crippen molar-refractivity contribution < 1.29 is 4.79 Å². The summed E-state index contributed by atoms with van der Waals surface area (Å²) in [7, 11) is 0. The molecule has 0 saturated heterocycles. The van der Waals surface area contributed by atoms with Gasteiger partial charge in [-0.1, -0.05) is 0 Å². The van der Waals surface area contributed by atoms with Crippen LogP contribution in [-0.2, 0) is 0 Å². The number of pyridine rings is 1. The fraction of sp³-hybridized carbons (Fsp3) is 0.400. The van der Waals surface area contributed by atoms with Crippen LogP contribution in [0.3, 0.4) is 0 Å². The lowest BCUT2D eigenvalue weighted by atomic mass is 10.2. The minimum Gasteiger partial charge on any atom is -0.366 e. The molecule has 0 spiro atoms. The maximum atomic E-state index is 11.0. The Morgan fingerprint density at radius 2 is 2.33 bits per heavy atom. The third-order valence-corrected chi connectivity index (χ3v) is 2.13. The van der Waals surface area contributed by atoms with E-state index in [-0.39, 0.29) is 0 Å². The Morgan fingerprint density at radius 3 is 2.87 bits per heavy atom. The number of hydrogen-bond donors (Lipinski definition) is 2. The van der Waals surface area contributed by atoms with Gasteiger partial charge in [0.2, 0.25) is 5.91 Å². The summed E-state index contributed by atoms with van der Waals surface area (Å²) >= 11 is 0. The second kappa shape index (κ2) is 5.31. The number of primary amides is 1. The van der Waals surface area contributed by atoms with Crippen LogP contribution in [0.15, 0.2) is 18.3 Å². The summed E-state index contributed by atoms with van der Waals surface area (Å²) in [4.78, 5) is 17.1. The second-order valence-electron chi connectivity index (χ2n) is 3.14. The van der Waals surface area contributed by atoms with E-state index >= 15 is 0 Å². The summed E-state index contributed by atoms with van der Waals surface area (Å²) in [6, 6.07) is 3.28. The highest BCUT2D eigenvalue weighted by atomic mass is 16.1. The Morgan fingerprint density at radius 1 is 1.60 bits per heavy atom. The van der Waals surface area contributed by atoms with Crippen LogP contribution in [0.4, 0.5) is 5.82 Å². The number of amides is 1. The van der Waals surface area contributed by atoms with E-state index in [4.69, 9.17) is 11.5 Å². The van der Waals surface area contributed by atoms with E-state index in [0.29, 0.717) is 18.7 Å². The predicted octanol–water partition coefficient (Wildman–Crippen LogP) is -0.0345. The maximum absolute atomic E-state index is 11.0. The predicted molar refractivity (Wildman–Crippen MR) is 59.7 cm³/mol. The molecular weight excluding hydrogens is 192 g/mol. The number of rotatable bonds is 5. The standard InChI is InChI=1S/C10H16N4O/c1-2-14(6-4-11)9-7-8(10(12)15)3-5-13-9/h3,5,7H,2,4,6,11H2,1H3,(H2,12,15). The summed E-state index contributed by atoms with van der Waals surface area (Å²) in [5.41, 5.74) is 11.1. The summed E-state index contributed by atoms with van der Waals surface area (Å²) < 4.78 is 0. The molecule has 0 aromatic carbocycles. The van der Waals surface area contributed by atoms with Gasteiger partial charge in [0.05, 0.1) is 0 Å². The molecule has 5 nitrogen and oxygen atoms in total. The van der Waals surface area contributed by atoms with E-state index in [0.717, 1.165) is 12.4 Å². The first-order chi connectivity index (χ1) is 7.19. The molecule has 1 heterocycles. The van der Waals surface area contributed by atoms with Crippen LogP contribution in [0.1, 0.15) is 17.3 Å². The zero-order valence-corrected chi connectivity index (χ0v) is 8.81. The Balaban J connectivity index is 2.92. The van der Waals surface area contributed by atoms with Crippen LogP contribution in [-0.4, -0.2) is 30.5 Å². The van der Waals surface area contributed by atoms with E-state index in [1.54, 1.807) is 18.3 Å². The molecule has 0 aliphatic carbocycles. The highest BCUT2D eigenvalue weighted by molar-refractivity contribution is 5.93. The van der Waals surface area contributed by atoms with Gasteiger partial charge in [0.15, 0.2) is 0 Å². The van der Waals surface area contributed by atoms with Crippen LogP contribution >= 0.6 is 0 Å². The van der Waals surface area contributed by atoms with E-state index in [1.807, 2.05) is 11.8 Å². The molecule has 15 heavy (non-hydrogen) atoms. The number of aromatic nitrogens is 1. The van der Waals surface area contributed by atoms with Crippen LogP contribution in [0.5, 0.6) is 0 Å². The van der Waals surface area contributed by atoms with E-state index in [1.165, 1.54) is 0 Å². The number of nitrogens with two attached hydrogens (primary N) is 2. The Bertz CT molecular complexity index is 340. The summed E-state index contributed by atoms with van der Waals surface area (Å²) in [5.74, 6) is 0.293. The summed E-state index contributed by atoms with van der Waals surface area (Å²) in [6.07, 6.45) is 1.58. The topological polar surface area (TPSA) is 85.2 Å². The Labute approximate surface area is 89.1 Å². The Hall–Kier alpha value is -1.62. The van der Waals surface area contributed by atoms with Crippen molar-refractivity contribution in [2.24, 2.45) is 11.5 Å². The molecule has 0 radical (unpaired) electrons. The van der Waals surface area contributed by atoms with Crippen LogP contribution < -0.4 is 16.4 Å². The molecule has 0 fully saturated rings. The molecule has 0 atom stereocenters. The molecule has 1 amide bonds. The molecule has 0 bridgehead atoms. The lowest BCUT2D eigenvalue weighted by molar-refractivity contribution is 0.1000. The lowest BCUT2D eigenvalue weighted by Gasteiger charge is -2.21. The quantitative estimate of drug-likeness (QED) is 0.711. The second-order valence-corrected chi connectivity index (χ2v) is 3.14. The van der Waals surface area contributed by atoms with Gasteiger partial charge >= 0.3 is 0 Å². The largest absolute Gasteiger partial charge is 0.366 e. The molecule has 0 unspecified atom stereocenters. The van der Waals surface area contributed by atoms with Gasteiger partial charge < -0.3 is 16.4 Å². The third kappa shape index (κ3) is 2.92. The normalized spacial score (nSPS) is 10.0. The number of carbonyl (C=O) groups is 1. The van der Waals surface area contributed by atoms with Gasteiger partial charge in [-0.15, -0.1) is 0 Å². The molecule has 5 heteroatoms. The minimum absolute atomic E-state index is 0.442. The van der Waals surface area contributed by atoms with Gasteiger partial charge in [0.1, 0.15) is 5.82 Å². The van der Waals surface area contributed by atoms with E-state index < -0.39 is 5.91 Å². The first-order valence-corrected chi connectivity index (χ1v) is 4.90. The van der Waals surface area contributed by atoms with Crippen molar-refractivity contribution in [2.45, 2.75) is 6.92 Å². The number of hydrogen-bond acceptors (Lipinski definition) is 4. The molecule has 1 aromatic rings. The molecule has 0 aliphatic rings. The lowest BCUT2D eigenvalue weighted by Crippen LogP contribution is -2.30. The fourth-order valence-electron chi connectivity index (χ4n) is 1.34. The zero-order chi connectivity index (χ0) is 11.3. The molecular formula is C10H16N4O. The highest BCUT2D eigenvalue weighted by Gasteiger charge is 2.07. The van der Waals surface area contributed by atoms with Gasteiger partial charge in [0, 0.05) is 31.4 Å². The van der Waals surface area contributed by atoms with E-state index in [2.05, 4.69) is 4.98 Å². The first-order valence-electron chi connectivity index (χ1n) is 4.90. The van der Waals surface area contributed by atoms with E-state index in [9.17, 15) is 4.79 Å². The van der Waals surface area contributed by atoms with Crippen molar-refractivity contribution in [1.29, 1.82) is 0 Å². The van der Waals surface area contributed by atoms with Gasteiger partial charge in [-0.25, -0.2) is 4.98 Å². The van der Waals surface area contributed by atoms with Crippen molar-refractivity contribution in [3.63, 3.8) is 0 Å².